The topological polar surface area (TPSA) is 79.5 Å². The van der Waals surface area contributed by atoms with Crippen LogP contribution in [0.2, 0.25) is 0 Å². The quantitative estimate of drug-likeness (QED) is 0.626. The van der Waals surface area contributed by atoms with Crippen molar-refractivity contribution >= 4 is 5.97 Å². The number of hydrogen-bond donors (Lipinski definition) is 1. The SMILES string of the molecule is C=CCN(Cc1nc(-c2ccccc2)no1)Cc1ccccc1C(=O)O. The van der Waals surface area contributed by atoms with E-state index in [-0.39, 0.29) is 5.56 Å². The van der Waals surface area contributed by atoms with Gasteiger partial charge in [0.2, 0.25) is 11.7 Å². The lowest BCUT2D eigenvalue weighted by atomic mass is 10.1. The third-order valence-electron chi connectivity index (χ3n) is 3.89. The average Bonchev–Trinajstić information content (AvgIpc) is 3.11. The number of aromatic carboxylic acids is 1. The molecule has 3 aromatic rings. The lowest BCUT2D eigenvalue weighted by Gasteiger charge is -2.19. The largest absolute Gasteiger partial charge is 0.478 e. The smallest absolute Gasteiger partial charge is 0.336 e. The zero-order chi connectivity index (χ0) is 18.4. The average molecular weight is 349 g/mol. The third kappa shape index (κ3) is 4.23. The first-order chi connectivity index (χ1) is 12.7. The molecule has 26 heavy (non-hydrogen) atoms. The number of aromatic nitrogens is 2. The van der Waals surface area contributed by atoms with Crippen molar-refractivity contribution in [3.8, 4) is 11.4 Å². The number of carboxylic acid groups (broad SMARTS) is 1. The lowest BCUT2D eigenvalue weighted by Crippen LogP contribution is -2.24. The van der Waals surface area contributed by atoms with Gasteiger partial charge in [0.05, 0.1) is 12.1 Å². The molecule has 0 amide bonds. The minimum Gasteiger partial charge on any atom is -0.478 e. The normalized spacial score (nSPS) is 10.8. The molecule has 6 nitrogen and oxygen atoms in total. The molecule has 0 atom stereocenters. The summed E-state index contributed by atoms with van der Waals surface area (Å²) in [5, 5.41) is 13.4. The highest BCUT2D eigenvalue weighted by atomic mass is 16.5. The molecule has 6 heteroatoms. The Kier molecular flexibility index (Phi) is 5.56. The van der Waals surface area contributed by atoms with Gasteiger partial charge in [-0.15, -0.1) is 6.58 Å². The van der Waals surface area contributed by atoms with E-state index < -0.39 is 5.97 Å². The summed E-state index contributed by atoms with van der Waals surface area (Å²) in [5.74, 6) is 0.0619. The van der Waals surface area contributed by atoms with E-state index in [0.29, 0.717) is 31.3 Å². The van der Waals surface area contributed by atoms with Crippen molar-refractivity contribution in [2.24, 2.45) is 0 Å². The highest BCUT2D eigenvalue weighted by Crippen LogP contribution is 2.17. The Bertz CT molecular complexity index is 890. The van der Waals surface area contributed by atoms with E-state index in [2.05, 4.69) is 16.7 Å². The van der Waals surface area contributed by atoms with Gasteiger partial charge in [0.15, 0.2) is 0 Å². The van der Waals surface area contributed by atoms with Crippen LogP contribution in [0.1, 0.15) is 21.8 Å². The van der Waals surface area contributed by atoms with Crippen LogP contribution < -0.4 is 0 Å². The van der Waals surface area contributed by atoms with E-state index in [1.165, 1.54) is 0 Å². The van der Waals surface area contributed by atoms with Gasteiger partial charge < -0.3 is 9.63 Å². The second-order valence-corrected chi connectivity index (χ2v) is 5.80. The van der Waals surface area contributed by atoms with Crippen molar-refractivity contribution < 1.29 is 14.4 Å². The summed E-state index contributed by atoms with van der Waals surface area (Å²) >= 11 is 0. The molecule has 2 aromatic carbocycles. The molecule has 1 aromatic heterocycles. The molecule has 0 saturated carbocycles. The molecule has 0 aliphatic carbocycles. The molecule has 0 aliphatic heterocycles. The van der Waals surface area contributed by atoms with Crippen molar-refractivity contribution in [1.82, 2.24) is 15.0 Å². The van der Waals surface area contributed by atoms with Crippen molar-refractivity contribution in [3.05, 3.63) is 84.3 Å². The number of hydrogen-bond acceptors (Lipinski definition) is 5. The van der Waals surface area contributed by atoms with Gasteiger partial charge in [-0.05, 0) is 11.6 Å². The van der Waals surface area contributed by atoms with Crippen LogP contribution in [-0.4, -0.2) is 32.7 Å². The number of benzene rings is 2. The summed E-state index contributed by atoms with van der Waals surface area (Å²) in [7, 11) is 0. The molecule has 0 radical (unpaired) electrons. The Morgan fingerprint density at radius 2 is 1.85 bits per heavy atom. The van der Waals surface area contributed by atoms with Gasteiger partial charge in [0.25, 0.3) is 0 Å². The van der Waals surface area contributed by atoms with Gasteiger partial charge in [-0.2, -0.15) is 4.98 Å². The monoisotopic (exact) mass is 349 g/mol. The molecular formula is C20H19N3O3. The maximum absolute atomic E-state index is 11.4. The van der Waals surface area contributed by atoms with Crippen molar-refractivity contribution in [2.75, 3.05) is 6.54 Å². The summed E-state index contributed by atoms with van der Waals surface area (Å²) in [4.78, 5) is 17.8. The van der Waals surface area contributed by atoms with Crippen LogP contribution in [0.3, 0.4) is 0 Å². The Morgan fingerprint density at radius 3 is 2.58 bits per heavy atom. The van der Waals surface area contributed by atoms with Crippen LogP contribution in [0.15, 0.2) is 71.8 Å². The molecule has 0 saturated heterocycles. The highest BCUT2D eigenvalue weighted by Gasteiger charge is 2.16. The molecule has 0 spiro atoms. The number of nitrogens with zero attached hydrogens (tertiary/aromatic N) is 3. The molecule has 0 fully saturated rings. The first kappa shape index (κ1) is 17.6. The Balaban J connectivity index is 1.77. The summed E-state index contributed by atoms with van der Waals surface area (Å²) in [6.07, 6.45) is 1.76. The molecule has 1 N–H and O–H groups in total. The van der Waals surface area contributed by atoms with Crippen LogP contribution >= 0.6 is 0 Å². The van der Waals surface area contributed by atoms with E-state index in [9.17, 15) is 9.90 Å². The maximum Gasteiger partial charge on any atom is 0.336 e. The fourth-order valence-electron chi connectivity index (χ4n) is 2.69. The molecule has 3 rings (SSSR count). The summed E-state index contributed by atoms with van der Waals surface area (Å²) < 4.78 is 5.36. The number of carboxylic acids is 1. The molecule has 132 valence electrons. The predicted molar refractivity (Wildman–Crippen MR) is 97.4 cm³/mol. The van der Waals surface area contributed by atoms with Crippen LogP contribution in [0.25, 0.3) is 11.4 Å². The van der Waals surface area contributed by atoms with Crippen molar-refractivity contribution in [3.63, 3.8) is 0 Å². The van der Waals surface area contributed by atoms with E-state index >= 15 is 0 Å². The summed E-state index contributed by atoms with van der Waals surface area (Å²) in [6.45, 7) is 5.18. The van der Waals surface area contributed by atoms with Crippen LogP contribution in [0.4, 0.5) is 0 Å². The first-order valence-corrected chi connectivity index (χ1v) is 8.20. The van der Waals surface area contributed by atoms with Crippen LogP contribution in [0, 0.1) is 0 Å². The second kappa shape index (κ2) is 8.22. The molecular weight excluding hydrogens is 330 g/mol. The van der Waals surface area contributed by atoms with Gasteiger partial charge in [0.1, 0.15) is 0 Å². The van der Waals surface area contributed by atoms with E-state index in [0.717, 1.165) is 11.1 Å². The lowest BCUT2D eigenvalue weighted by molar-refractivity contribution is 0.0694. The second-order valence-electron chi connectivity index (χ2n) is 5.80. The standard InChI is InChI=1S/C20H19N3O3/c1-2-12-23(13-16-10-6-7-11-17(16)20(24)25)14-18-21-19(22-26-18)15-8-4-3-5-9-15/h2-11H,1,12-14H2,(H,24,25). The Labute approximate surface area is 151 Å². The van der Waals surface area contributed by atoms with E-state index in [1.54, 1.807) is 18.2 Å². The van der Waals surface area contributed by atoms with Gasteiger partial charge in [-0.3, -0.25) is 4.90 Å². The van der Waals surface area contributed by atoms with Crippen LogP contribution in [-0.2, 0) is 13.1 Å². The molecule has 0 aliphatic rings. The van der Waals surface area contributed by atoms with Gasteiger partial charge in [-0.25, -0.2) is 4.79 Å². The molecule has 0 unspecified atom stereocenters. The van der Waals surface area contributed by atoms with Gasteiger partial charge >= 0.3 is 5.97 Å². The van der Waals surface area contributed by atoms with Gasteiger partial charge in [-0.1, -0.05) is 59.8 Å². The minimum absolute atomic E-state index is 0.289. The number of rotatable bonds is 8. The van der Waals surface area contributed by atoms with Crippen molar-refractivity contribution in [1.29, 1.82) is 0 Å². The Morgan fingerprint density at radius 1 is 1.12 bits per heavy atom. The third-order valence-corrected chi connectivity index (χ3v) is 3.89. The number of carbonyl (C=O) groups is 1. The fraction of sp³-hybridized carbons (Fsp3) is 0.150. The highest BCUT2D eigenvalue weighted by molar-refractivity contribution is 5.89. The Hall–Kier alpha value is -3.25. The zero-order valence-electron chi connectivity index (χ0n) is 14.2. The first-order valence-electron chi connectivity index (χ1n) is 8.20. The minimum atomic E-state index is -0.941. The fourth-order valence-corrected chi connectivity index (χ4v) is 2.69. The van der Waals surface area contributed by atoms with Gasteiger partial charge in [0, 0.05) is 18.7 Å². The predicted octanol–water partition coefficient (Wildman–Crippen LogP) is 3.62. The zero-order valence-corrected chi connectivity index (χ0v) is 14.2. The summed E-state index contributed by atoms with van der Waals surface area (Å²) in [6, 6.07) is 16.5. The van der Waals surface area contributed by atoms with Crippen molar-refractivity contribution in [2.45, 2.75) is 13.1 Å². The van der Waals surface area contributed by atoms with Crippen LogP contribution in [0.5, 0.6) is 0 Å². The maximum atomic E-state index is 11.4. The van der Waals surface area contributed by atoms with E-state index in [1.807, 2.05) is 47.4 Å². The summed E-state index contributed by atoms with van der Waals surface area (Å²) in [5.41, 5.74) is 1.90. The molecule has 1 heterocycles. The van der Waals surface area contributed by atoms with E-state index in [4.69, 9.17) is 4.52 Å². The molecule has 0 bridgehead atoms.